The lowest BCUT2D eigenvalue weighted by Crippen LogP contribution is -1.91. The molecule has 2 rings (SSSR count). The predicted octanol–water partition coefficient (Wildman–Crippen LogP) is 7.74. The average Bonchev–Trinajstić information content (AvgIpc) is 2.63. The fourth-order valence-electron chi connectivity index (χ4n) is 3.31. The Morgan fingerprint density at radius 3 is 1.88 bits per heavy atom. The van der Waals surface area contributed by atoms with Crippen LogP contribution < -0.4 is 0 Å². The highest BCUT2D eigenvalue weighted by molar-refractivity contribution is 5.64. The van der Waals surface area contributed by atoms with Gasteiger partial charge in [-0.25, -0.2) is 4.39 Å². The molecule has 0 aliphatic rings. The van der Waals surface area contributed by atoms with Gasteiger partial charge in [0.15, 0.2) is 0 Å². The number of hydrogen-bond donors (Lipinski definition) is 0. The molecule has 25 heavy (non-hydrogen) atoms. The average molecular weight is 341 g/mol. The number of aryl methyl sites for hydroxylation is 2. The Bertz CT molecular complexity index is 612. The Balaban J connectivity index is 1.93. The van der Waals surface area contributed by atoms with Crippen LogP contribution in [0.2, 0.25) is 0 Å². The smallest absolute Gasteiger partial charge is 0.131 e. The summed E-state index contributed by atoms with van der Waals surface area (Å²) in [6, 6.07) is 14.2. The molecule has 0 aliphatic heterocycles. The minimum atomic E-state index is -0.0928. The summed E-state index contributed by atoms with van der Waals surface area (Å²) in [5.74, 6) is -0.0928. The minimum Gasteiger partial charge on any atom is -0.206 e. The second kappa shape index (κ2) is 11.1. The van der Waals surface area contributed by atoms with Crippen LogP contribution in [0.5, 0.6) is 0 Å². The molecular weight excluding hydrogens is 307 g/mol. The molecule has 0 radical (unpaired) electrons. The van der Waals surface area contributed by atoms with E-state index >= 15 is 0 Å². The van der Waals surface area contributed by atoms with Crippen molar-refractivity contribution < 1.29 is 4.39 Å². The molecule has 136 valence electrons. The van der Waals surface area contributed by atoms with Crippen molar-refractivity contribution in [2.24, 2.45) is 0 Å². The van der Waals surface area contributed by atoms with Crippen molar-refractivity contribution in [3.63, 3.8) is 0 Å². The molecule has 0 saturated carbocycles. The molecular formula is C24H33F. The third-order valence-corrected chi connectivity index (χ3v) is 4.94. The topological polar surface area (TPSA) is 0 Å². The van der Waals surface area contributed by atoms with Crippen molar-refractivity contribution in [1.29, 1.82) is 0 Å². The van der Waals surface area contributed by atoms with E-state index in [1.54, 1.807) is 6.07 Å². The maximum atomic E-state index is 14.5. The van der Waals surface area contributed by atoms with Gasteiger partial charge in [0.05, 0.1) is 0 Å². The first-order valence-electron chi connectivity index (χ1n) is 10.1. The summed E-state index contributed by atoms with van der Waals surface area (Å²) >= 11 is 0. The first-order valence-corrected chi connectivity index (χ1v) is 10.1. The maximum absolute atomic E-state index is 14.5. The Hall–Kier alpha value is -1.63. The summed E-state index contributed by atoms with van der Waals surface area (Å²) < 4.78 is 14.5. The molecule has 0 fully saturated rings. The van der Waals surface area contributed by atoms with E-state index < -0.39 is 0 Å². The lowest BCUT2D eigenvalue weighted by Gasteiger charge is -2.08. The van der Waals surface area contributed by atoms with E-state index in [0.717, 1.165) is 36.0 Å². The number of halogens is 1. The van der Waals surface area contributed by atoms with Crippen LogP contribution in [0.4, 0.5) is 4.39 Å². The van der Waals surface area contributed by atoms with Crippen LogP contribution in [-0.2, 0) is 12.8 Å². The van der Waals surface area contributed by atoms with Crippen molar-refractivity contribution in [2.45, 2.75) is 78.1 Å². The first-order chi connectivity index (χ1) is 12.2. The van der Waals surface area contributed by atoms with E-state index in [-0.39, 0.29) is 5.82 Å². The predicted molar refractivity (Wildman–Crippen MR) is 108 cm³/mol. The molecule has 0 amide bonds. The van der Waals surface area contributed by atoms with Crippen LogP contribution in [0, 0.1) is 5.82 Å². The maximum Gasteiger partial charge on any atom is 0.131 e. The van der Waals surface area contributed by atoms with Gasteiger partial charge in [0.1, 0.15) is 5.82 Å². The molecule has 0 heterocycles. The fraction of sp³-hybridized carbons (Fsp3) is 0.500. The second-order valence-corrected chi connectivity index (χ2v) is 7.13. The number of hydrogen-bond acceptors (Lipinski definition) is 0. The van der Waals surface area contributed by atoms with Crippen molar-refractivity contribution in [3.05, 3.63) is 59.4 Å². The zero-order valence-electron chi connectivity index (χ0n) is 16.0. The molecule has 0 spiro atoms. The fourth-order valence-corrected chi connectivity index (χ4v) is 3.31. The van der Waals surface area contributed by atoms with Crippen molar-refractivity contribution in [3.8, 4) is 11.1 Å². The summed E-state index contributed by atoms with van der Waals surface area (Å²) in [6.45, 7) is 4.45. The van der Waals surface area contributed by atoms with E-state index in [2.05, 4.69) is 44.2 Å². The van der Waals surface area contributed by atoms with Gasteiger partial charge in [0.2, 0.25) is 0 Å². The summed E-state index contributed by atoms with van der Waals surface area (Å²) in [4.78, 5) is 0. The summed E-state index contributed by atoms with van der Waals surface area (Å²) in [6.07, 6.45) is 12.1. The molecule has 0 N–H and O–H groups in total. The number of benzene rings is 2. The molecule has 2 aromatic rings. The Morgan fingerprint density at radius 2 is 1.20 bits per heavy atom. The SMILES string of the molecule is CCCCCCCc1ccc(-c2ccc(CCCCC)cc2)c(F)c1. The van der Waals surface area contributed by atoms with Gasteiger partial charge in [0, 0.05) is 5.56 Å². The summed E-state index contributed by atoms with van der Waals surface area (Å²) in [7, 11) is 0. The monoisotopic (exact) mass is 340 g/mol. The zero-order valence-corrected chi connectivity index (χ0v) is 16.0. The third kappa shape index (κ3) is 6.65. The van der Waals surface area contributed by atoms with Gasteiger partial charge < -0.3 is 0 Å². The lowest BCUT2D eigenvalue weighted by atomic mass is 9.98. The van der Waals surface area contributed by atoms with Crippen LogP contribution in [0.1, 0.15) is 76.3 Å². The third-order valence-electron chi connectivity index (χ3n) is 4.94. The molecule has 2 aromatic carbocycles. The van der Waals surface area contributed by atoms with Crippen LogP contribution >= 0.6 is 0 Å². The Kier molecular flexibility index (Phi) is 8.72. The minimum absolute atomic E-state index is 0.0928. The van der Waals surface area contributed by atoms with Crippen molar-refractivity contribution in [2.75, 3.05) is 0 Å². The van der Waals surface area contributed by atoms with Crippen molar-refractivity contribution in [1.82, 2.24) is 0 Å². The van der Waals surface area contributed by atoms with Crippen LogP contribution in [0.25, 0.3) is 11.1 Å². The van der Waals surface area contributed by atoms with Gasteiger partial charge in [-0.2, -0.15) is 0 Å². The van der Waals surface area contributed by atoms with Gasteiger partial charge in [-0.1, -0.05) is 88.8 Å². The normalized spacial score (nSPS) is 11.0. The van der Waals surface area contributed by atoms with Gasteiger partial charge in [0.25, 0.3) is 0 Å². The Labute approximate surface area is 153 Å². The van der Waals surface area contributed by atoms with Crippen LogP contribution in [0.15, 0.2) is 42.5 Å². The molecule has 0 unspecified atom stereocenters. The molecule has 0 bridgehead atoms. The van der Waals surface area contributed by atoms with E-state index in [1.165, 1.54) is 50.5 Å². The van der Waals surface area contributed by atoms with Gasteiger partial charge >= 0.3 is 0 Å². The first kappa shape index (κ1) is 19.7. The largest absolute Gasteiger partial charge is 0.206 e. The van der Waals surface area contributed by atoms with E-state index in [9.17, 15) is 4.39 Å². The van der Waals surface area contributed by atoms with E-state index in [0.29, 0.717) is 0 Å². The van der Waals surface area contributed by atoms with Gasteiger partial charge in [-0.15, -0.1) is 0 Å². The summed E-state index contributed by atoms with van der Waals surface area (Å²) in [5, 5.41) is 0. The van der Waals surface area contributed by atoms with Crippen LogP contribution in [0.3, 0.4) is 0 Å². The highest BCUT2D eigenvalue weighted by Crippen LogP contribution is 2.25. The quantitative estimate of drug-likeness (QED) is 0.367. The standard InChI is InChI=1S/C24H33F/c1-3-5-7-8-10-12-21-15-18-23(24(25)19-21)22-16-13-20(14-17-22)11-9-6-4-2/h13-19H,3-12H2,1-2H3. The molecule has 0 atom stereocenters. The zero-order chi connectivity index (χ0) is 17.9. The highest BCUT2D eigenvalue weighted by atomic mass is 19.1. The number of unbranched alkanes of at least 4 members (excludes halogenated alkanes) is 6. The molecule has 0 saturated heterocycles. The lowest BCUT2D eigenvalue weighted by molar-refractivity contribution is 0.618. The van der Waals surface area contributed by atoms with Gasteiger partial charge in [-0.3, -0.25) is 0 Å². The van der Waals surface area contributed by atoms with E-state index in [1.807, 2.05) is 6.07 Å². The second-order valence-electron chi connectivity index (χ2n) is 7.13. The Morgan fingerprint density at radius 1 is 0.640 bits per heavy atom. The van der Waals surface area contributed by atoms with Gasteiger partial charge in [-0.05, 0) is 48.4 Å². The molecule has 1 heteroatoms. The van der Waals surface area contributed by atoms with Crippen molar-refractivity contribution >= 4 is 0 Å². The van der Waals surface area contributed by atoms with Crippen LogP contribution in [-0.4, -0.2) is 0 Å². The molecule has 0 aromatic heterocycles. The highest BCUT2D eigenvalue weighted by Gasteiger charge is 2.06. The van der Waals surface area contributed by atoms with E-state index in [4.69, 9.17) is 0 Å². The number of rotatable bonds is 11. The molecule has 0 aliphatic carbocycles. The molecule has 0 nitrogen and oxygen atoms in total. The summed E-state index contributed by atoms with van der Waals surface area (Å²) in [5.41, 5.74) is 4.16.